The first-order chi connectivity index (χ1) is 13.6. The van der Waals surface area contributed by atoms with Gasteiger partial charge in [-0.1, -0.05) is 12.1 Å². The molecule has 1 aliphatic heterocycles. The highest BCUT2D eigenvalue weighted by molar-refractivity contribution is 5.50. The Bertz CT molecular complexity index is 791. The molecule has 1 heterocycles. The smallest absolute Gasteiger partial charge is 0.115 e. The molecule has 3 N–H and O–H groups in total. The van der Waals surface area contributed by atoms with Crippen molar-refractivity contribution in [2.45, 2.75) is 44.8 Å². The second kappa shape index (κ2) is 9.59. The quantitative estimate of drug-likeness (QED) is 0.771. The third-order valence-corrected chi connectivity index (χ3v) is 5.74. The molecular formula is C23H30N4O. The third-order valence-electron chi connectivity index (χ3n) is 5.74. The average molecular weight is 379 g/mol. The van der Waals surface area contributed by atoms with Crippen LogP contribution in [0.5, 0.6) is 5.75 Å². The van der Waals surface area contributed by atoms with Crippen molar-refractivity contribution in [2.24, 2.45) is 5.73 Å². The predicted octanol–water partition coefficient (Wildman–Crippen LogP) is 3.47. The van der Waals surface area contributed by atoms with Crippen LogP contribution in [0.2, 0.25) is 0 Å². The number of nitrogens with two attached hydrogens (primary N) is 1. The predicted molar refractivity (Wildman–Crippen MR) is 113 cm³/mol. The minimum atomic E-state index is 0.278. The van der Waals surface area contributed by atoms with Gasteiger partial charge in [-0.3, -0.25) is 0 Å². The lowest BCUT2D eigenvalue weighted by Crippen LogP contribution is -2.47. The van der Waals surface area contributed by atoms with E-state index in [1.54, 1.807) is 12.1 Å². The summed E-state index contributed by atoms with van der Waals surface area (Å²) in [7, 11) is 0. The highest BCUT2D eigenvalue weighted by Gasteiger charge is 2.27. The topological polar surface area (TPSA) is 76.5 Å². The average Bonchev–Trinajstić information content (AvgIpc) is 2.73. The summed E-state index contributed by atoms with van der Waals surface area (Å²) in [5.74, 6) is 0.278. The van der Waals surface area contributed by atoms with E-state index in [-0.39, 0.29) is 5.75 Å². The van der Waals surface area contributed by atoms with Gasteiger partial charge in [0.05, 0.1) is 11.6 Å². The van der Waals surface area contributed by atoms with Crippen LogP contribution < -0.4 is 10.6 Å². The summed E-state index contributed by atoms with van der Waals surface area (Å²) in [6, 6.07) is 18.5. The second-order valence-electron chi connectivity index (χ2n) is 7.65. The van der Waals surface area contributed by atoms with E-state index < -0.39 is 0 Å². The van der Waals surface area contributed by atoms with Gasteiger partial charge in [-0.25, -0.2) is 0 Å². The molecule has 3 rings (SSSR count). The molecule has 28 heavy (non-hydrogen) atoms. The van der Waals surface area contributed by atoms with E-state index in [1.165, 1.54) is 0 Å². The van der Waals surface area contributed by atoms with Gasteiger partial charge < -0.3 is 20.6 Å². The fourth-order valence-electron chi connectivity index (χ4n) is 4.07. The number of likely N-dealkylation sites (tertiary alicyclic amines) is 1. The Balaban J connectivity index is 1.77. The van der Waals surface area contributed by atoms with Crippen LogP contribution in [0.15, 0.2) is 48.5 Å². The molecule has 5 heteroatoms. The number of benzene rings is 2. The van der Waals surface area contributed by atoms with Crippen molar-refractivity contribution in [1.29, 1.82) is 5.26 Å². The zero-order valence-corrected chi connectivity index (χ0v) is 16.6. The van der Waals surface area contributed by atoms with Crippen molar-refractivity contribution >= 4 is 5.69 Å². The Morgan fingerprint density at radius 2 is 1.93 bits per heavy atom. The zero-order chi connectivity index (χ0) is 19.9. The first-order valence-corrected chi connectivity index (χ1v) is 10.1. The molecule has 148 valence electrons. The van der Waals surface area contributed by atoms with Crippen LogP contribution in [0, 0.1) is 11.3 Å². The van der Waals surface area contributed by atoms with E-state index >= 15 is 0 Å². The van der Waals surface area contributed by atoms with E-state index in [2.05, 4.69) is 28.9 Å². The number of aromatic hydroxyl groups is 1. The fraction of sp³-hybridized carbons (Fsp3) is 0.435. The van der Waals surface area contributed by atoms with Gasteiger partial charge in [-0.2, -0.15) is 5.26 Å². The van der Waals surface area contributed by atoms with E-state index in [0.717, 1.165) is 56.7 Å². The molecular weight excluding hydrogens is 348 g/mol. The fourth-order valence-corrected chi connectivity index (χ4v) is 4.07. The molecule has 0 aromatic heterocycles. The van der Waals surface area contributed by atoms with Crippen LogP contribution in [0.25, 0.3) is 0 Å². The molecule has 1 aliphatic rings. The monoisotopic (exact) mass is 378 g/mol. The van der Waals surface area contributed by atoms with Crippen LogP contribution in [-0.4, -0.2) is 41.7 Å². The molecule has 1 atom stereocenters. The summed E-state index contributed by atoms with van der Waals surface area (Å²) < 4.78 is 0. The van der Waals surface area contributed by atoms with Crippen LogP contribution in [0.3, 0.4) is 0 Å². The molecule has 1 unspecified atom stereocenters. The minimum Gasteiger partial charge on any atom is -0.508 e. The van der Waals surface area contributed by atoms with Crippen LogP contribution in [-0.2, 0) is 6.54 Å². The van der Waals surface area contributed by atoms with Gasteiger partial charge in [-0.05, 0) is 74.7 Å². The van der Waals surface area contributed by atoms with Crippen LogP contribution in [0.4, 0.5) is 5.69 Å². The summed E-state index contributed by atoms with van der Waals surface area (Å²) in [5, 5.41) is 18.9. The van der Waals surface area contributed by atoms with Gasteiger partial charge in [0.15, 0.2) is 0 Å². The Morgan fingerprint density at radius 3 is 2.57 bits per heavy atom. The van der Waals surface area contributed by atoms with Gasteiger partial charge in [0.1, 0.15) is 5.75 Å². The van der Waals surface area contributed by atoms with E-state index in [9.17, 15) is 10.4 Å². The van der Waals surface area contributed by atoms with Crippen molar-refractivity contribution in [3.8, 4) is 11.8 Å². The number of phenols is 1. The summed E-state index contributed by atoms with van der Waals surface area (Å²) >= 11 is 0. The second-order valence-corrected chi connectivity index (χ2v) is 7.65. The lowest BCUT2D eigenvalue weighted by molar-refractivity contribution is 0.154. The first kappa shape index (κ1) is 20.2. The Kier molecular flexibility index (Phi) is 6.91. The van der Waals surface area contributed by atoms with Gasteiger partial charge in [0, 0.05) is 37.4 Å². The van der Waals surface area contributed by atoms with Crippen molar-refractivity contribution in [3.63, 3.8) is 0 Å². The number of piperidine rings is 1. The summed E-state index contributed by atoms with van der Waals surface area (Å²) in [4.78, 5) is 4.95. The van der Waals surface area contributed by atoms with Crippen molar-refractivity contribution in [3.05, 3.63) is 59.7 Å². The largest absolute Gasteiger partial charge is 0.508 e. The SMILES string of the molecule is CC(CCN)N1CCC(N(Cc2cccc(C#N)c2)c2ccc(O)cc2)CC1. The van der Waals surface area contributed by atoms with Gasteiger partial charge in [0.2, 0.25) is 0 Å². The number of hydrogen-bond donors (Lipinski definition) is 2. The number of nitrogens with zero attached hydrogens (tertiary/aromatic N) is 3. The van der Waals surface area contributed by atoms with E-state index in [0.29, 0.717) is 17.6 Å². The van der Waals surface area contributed by atoms with E-state index in [4.69, 9.17) is 5.73 Å². The maximum absolute atomic E-state index is 9.68. The molecule has 0 radical (unpaired) electrons. The lowest BCUT2D eigenvalue weighted by atomic mass is 9.99. The highest BCUT2D eigenvalue weighted by atomic mass is 16.3. The molecule has 5 nitrogen and oxygen atoms in total. The molecule has 0 saturated carbocycles. The Hall–Kier alpha value is -2.55. The van der Waals surface area contributed by atoms with Gasteiger partial charge in [0.25, 0.3) is 0 Å². The third kappa shape index (κ3) is 5.03. The maximum atomic E-state index is 9.68. The minimum absolute atomic E-state index is 0.278. The highest BCUT2D eigenvalue weighted by Crippen LogP contribution is 2.28. The van der Waals surface area contributed by atoms with Crippen LogP contribution >= 0.6 is 0 Å². The molecule has 0 spiro atoms. The standard InChI is InChI=1S/C23H30N4O/c1-18(9-12-24)26-13-10-22(11-14-26)27(21-5-7-23(28)8-6-21)17-20-4-2-3-19(15-20)16-25/h2-8,15,18,22,28H,9-14,17,24H2,1H3. The van der Waals surface area contributed by atoms with E-state index in [1.807, 2.05) is 30.3 Å². The Labute approximate surface area is 168 Å². The van der Waals surface area contributed by atoms with Gasteiger partial charge >= 0.3 is 0 Å². The summed E-state index contributed by atoms with van der Waals surface area (Å²) in [6.07, 6.45) is 3.22. The summed E-state index contributed by atoms with van der Waals surface area (Å²) in [5.41, 5.74) is 8.66. The van der Waals surface area contributed by atoms with Crippen LogP contribution in [0.1, 0.15) is 37.3 Å². The summed E-state index contributed by atoms with van der Waals surface area (Å²) in [6.45, 7) is 5.88. The normalized spacial score (nSPS) is 16.5. The van der Waals surface area contributed by atoms with Gasteiger partial charge in [-0.15, -0.1) is 0 Å². The number of hydrogen-bond acceptors (Lipinski definition) is 5. The molecule has 2 aromatic rings. The number of nitriles is 1. The molecule has 2 aromatic carbocycles. The molecule has 1 fully saturated rings. The first-order valence-electron chi connectivity index (χ1n) is 10.1. The van der Waals surface area contributed by atoms with Crippen molar-refractivity contribution < 1.29 is 5.11 Å². The molecule has 0 bridgehead atoms. The molecule has 0 amide bonds. The number of anilines is 1. The van der Waals surface area contributed by atoms with Crippen molar-refractivity contribution in [1.82, 2.24) is 4.90 Å². The number of phenolic OH excluding ortho intramolecular Hbond substituents is 1. The number of rotatable bonds is 7. The molecule has 0 aliphatic carbocycles. The Morgan fingerprint density at radius 1 is 1.21 bits per heavy atom. The zero-order valence-electron chi connectivity index (χ0n) is 16.6. The lowest BCUT2D eigenvalue weighted by Gasteiger charge is -2.42. The molecule has 1 saturated heterocycles. The maximum Gasteiger partial charge on any atom is 0.115 e. The van der Waals surface area contributed by atoms with Crippen molar-refractivity contribution in [2.75, 3.05) is 24.5 Å².